The van der Waals surface area contributed by atoms with Crippen LogP contribution in [0.4, 0.5) is 0 Å². The first kappa shape index (κ1) is 25.4. The number of hydrogen-bond donors (Lipinski definition) is 0. The maximum absolute atomic E-state index is 12.6. The summed E-state index contributed by atoms with van der Waals surface area (Å²) in [5.74, 6) is 0.478. The number of nitrogens with zero attached hydrogens (tertiary/aromatic N) is 1. The van der Waals surface area contributed by atoms with Gasteiger partial charge in [0.15, 0.2) is 29.6 Å². The van der Waals surface area contributed by atoms with Gasteiger partial charge in [-0.15, -0.1) is 0 Å². The molecule has 0 radical (unpaired) electrons. The van der Waals surface area contributed by atoms with Gasteiger partial charge in [0.1, 0.15) is 0 Å². The maximum atomic E-state index is 12.6. The molecule has 0 aliphatic carbocycles. The molecule has 0 spiro atoms. The lowest BCUT2D eigenvalue weighted by Crippen LogP contribution is -2.12. The van der Waals surface area contributed by atoms with E-state index in [1.54, 1.807) is 24.3 Å². The molecule has 0 saturated carbocycles. The number of ether oxygens (including phenoxy) is 3. The first-order chi connectivity index (χ1) is 18.5. The van der Waals surface area contributed by atoms with E-state index in [0.717, 1.165) is 14.7 Å². The first-order valence-electron chi connectivity index (χ1n) is 11.8. The van der Waals surface area contributed by atoms with Gasteiger partial charge in [-0.3, -0.25) is 4.79 Å². The van der Waals surface area contributed by atoms with Gasteiger partial charge in [0.2, 0.25) is 5.90 Å². The third kappa shape index (κ3) is 5.68. The van der Waals surface area contributed by atoms with E-state index in [1.165, 1.54) is 7.11 Å². The number of benzene rings is 4. The van der Waals surface area contributed by atoms with Crippen LogP contribution in [-0.4, -0.2) is 31.4 Å². The van der Waals surface area contributed by atoms with Crippen LogP contribution in [0, 0.1) is 3.57 Å². The number of carbonyl (C=O) groups is 2. The SMILES string of the molecule is COc1cc(/C=C2\N=C(c3ccc(-c4ccccc4)cc3)OC2=O)cc(I)c1OCC(=O)c1ccccc1. The van der Waals surface area contributed by atoms with Crippen molar-refractivity contribution in [2.24, 2.45) is 4.99 Å². The number of Topliss-reactive ketones (excluding diaryl/α,β-unsaturated/α-hetero) is 1. The van der Waals surface area contributed by atoms with Crippen LogP contribution < -0.4 is 9.47 Å². The zero-order valence-corrected chi connectivity index (χ0v) is 22.5. The summed E-state index contributed by atoms with van der Waals surface area (Å²) >= 11 is 2.11. The molecule has 1 aliphatic rings. The van der Waals surface area contributed by atoms with E-state index in [1.807, 2.05) is 78.9 Å². The summed E-state index contributed by atoms with van der Waals surface area (Å²) in [6.07, 6.45) is 1.64. The number of rotatable bonds is 8. The highest BCUT2D eigenvalue weighted by Gasteiger charge is 2.24. The van der Waals surface area contributed by atoms with Gasteiger partial charge in [-0.05, 0) is 69.6 Å². The molecule has 0 fully saturated rings. The van der Waals surface area contributed by atoms with Gasteiger partial charge in [-0.2, -0.15) is 0 Å². The number of ketones is 1. The molecule has 6 nitrogen and oxygen atoms in total. The van der Waals surface area contributed by atoms with Crippen LogP contribution in [0.25, 0.3) is 17.2 Å². The van der Waals surface area contributed by atoms with Crippen LogP contribution >= 0.6 is 22.6 Å². The van der Waals surface area contributed by atoms with Gasteiger partial charge in [-0.25, -0.2) is 9.79 Å². The monoisotopic (exact) mass is 615 g/mol. The predicted octanol–water partition coefficient (Wildman–Crippen LogP) is 6.57. The Bertz CT molecular complexity index is 1540. The highest BCUT2D eigenvalue weighted by molar-refractivity contribution is 14.1. The van der Waals surface area contributed by atoms with Gasteiger partial charge in [0.05, 0.1) is 10.7 Å². The summed E-state index contributed by atoms with van der Waals surface area (Å²) in [6, 6.07) is 30.2. The normalized spacial score (nSPS) is 13.7. The van der Waals surface area contributed by atoms with E-state index in [2.05, 4.69) is 27.6 Å². The minimum atomic E-state index is -0.533. The van der Waals surface area contributed by atoms with Crippen molar-refractivity contribution in [1.29, 1.82) is 0 Å². The van der Waals surface area contributed by atoms with Gasteiger partial charge in [0, 0.05) is 11.1 Å². The van der Waals surface area contributed by atoms with E-state index in [-0.39, 0.29) is 24.0 Å². The molecule has 1 heterocycles. The molecule has 0 unspecified atom stereocenters. The average molecular weight is 615 g/mol. The third-order valence-corrected chi connectivity index (χ3v) is 6.66. The number of esters is 1. The predicted molar refractivity (Wildman–Crippen MR) is 154 cm³/mol. The molecular formula is C31H22INO5. The number of halogens is 1. The zero-order valence-electron chi connectivity index (χ0n) is 20.4. The second kappa shape index (κ2) is 11.4. The molecule has 1 aliphatic heterocycles. The fraction of sp³-hybridized carbons (Fsp3) is 0.0645. The molecule has 0 aromatic heterocycles. The molecule has 7 heteroatoms. The van der Waals surface area contributed by atoms with Crippen LogP contribution in [0.5, 0.6) is 11.5 Å². The quantitative estimate of drug-likeness (QED) is 0.0971. The molecule has 0 atom stereocenters. The fourth-order valence-corrected chi connectivity index (χ4v) is 4.72. The largest absolute Gasteiger partial charge is 0.493 e. The minimum absolute atomic E-state index is 0.125. The van der Waals surface area contributed by atoms with Crippen molar-refractivity contribution in [1.82, 2.24) is 0 Å². The average Bonchev–Trinajstić information content (AvgIpc) is 3.32. The molecule has 0 amide bonds. The summed E-state index contributed by atoms with van der Waals surface area (Å²) < 4.78 is 17.5. The van der Waals surface area contributed by atoms with Crippen molar-refractivity contribution in [2.75, 3.05) is 13.7 Å². The Morgan fingerprint density at radius 1 is 0.895 bits per heavy atom. The maximum Gasteiger partial charge on any atom is 0.363 e. The van der Waals surface area contributed by atoms with E-state index in [0.29, 0.717) is 28.2 Å². The fourth-order valence-electron chi connectivity index (χ4n) is 3.93. The Morgan fingerprint density at radius 3 is 2.21 bits per heavy atom. The topological polar surface area (TPSA) is 74.2 Å². The van der Waals surface area contributed by atoms with Crippen LogP contribution in [0.1, 0.15) is 21.5 Å². The molecule has 4 aromatic carbocycles. The number of cyclic esters (lactones) is 1. The van der Waals surface area contributed by atoms with Crippen LogP contribution in [0.15, 0.2) is 108 Å². The summed E-state index contributed by atoms with van der Waals surface area (Å²) in [6.45, 7) is -0.125. The van der Waals surface area contributed by atoms with E-state index in [9.17, 15) is 9.59 Å². The number of carbonyl (C=O) groups excluding carboxylic acids is 2. The minimum Gasteiger partial charge on any atom is -0.493 e. The van der Waals surface area contributed by atoms with Crippen LogP contribution in [-0.2, 0) is 9.53 Å². The van der Waals surface area contributed by atoms with E-state index < -0.39 is 5.97 Å². The van der Waals surface area contributed by atoms with Crippen molar-refractivity contribution in [2.45, 2.75) is 0 Å². The first-order valence-corrected chi connectivity index (χ1v) is 12.9. The molecule has 5 rings (SSSR count). The number of aliphatic imine (C=N–C) groups is 1. The lowest BCUT2D eigenvalue weighted by atomic mass is 10.0. The zero-order chi connectivity index (χ0) is 26.5. The van der Waals surface area contributed by atoms with Crippen molar-refractivity contribution in [3.63, 3.8) is 0 Å². The third-order valence-electron chi connectivity index (χ3n) is 5.86. The molecule has 0 N–H and O–H groups in total. The smallest absolute Gasteiger partial charge is 0.363 e. The summed E-state index contributed by atoms with van der Waals surface area (Å²) in [5.41, 5.74) is 4.31. The van der Waals surface area contributed by atoms with Crippen LogP contribution in [0.3, 0.4) is 0 Å². The number of hydrogen-bond acceptors (Lipinski definition) is 6. The lowest BCUT2D eigenvalue weighted by Gasteiger charge is -2.13. The van der Waals surface area contributed by atoms with Gasteiger partial charge >= 0.3 is 5.97 Å². The Kier molecular flexibility index (Phi) is 7.65. The van der Waals surface area contributed by atoms with Gasteiger partial charge < -0.3 is 14.2 Å². The van der Waals surface area contributed by atoms with Gasteiger partial charge in [0.25, 0.3) is 0 Å². The highest BCUT2D eigenvalue weighted by Crippen LogP contribution is 2.35. The number of methoxy groups -OCH3 is 1. The summed E-state index contributed by atoms with van der Waals surface area (Å²) in [7, 11) is 1.52. The summed E-state index contributed by atoms with van der Waals surface area (Å²) in [4.78, 5) is 29.5. The highest BCUT2D eigenvalue weighted by atomic mass is 127. The van der Waals surface area contributed by atoms with Gasteiger partial charge in [-0.1, -0.05) is 72.8 Å². The molecule has 0 saturated heterocycles. The lowest BCUT2D eigenvalue weighted by molar-refractivity contribution is -0.129. The van der Waals surface area contributed by atoms with Crippen molar-refractivity contribution in [3.05, 3.63) is 123 Å². The molecule has 38 heavy (non-hydrogen) atoms. The van der Waals surface area contributed by atoms with E-state index in [4.69, 9.17) is 14.2 Å². The second-order valence-electron chi connectivity index (χ2n) is 8.39. The van der Waals surface area contributed by atoms with Crippen molar-refractivity contribution >= 4 is 46.3 Å². The standard InChI is InChI=1S/C31H22INO5/c1-36-28-18-20(16-25(32)29(28)37-19-27(34)23-10-6-3-7-11-23)17-26-31(35)38-30(33-26)24-14-12-22(13-15-24)21-8-4-2-5-9-21/h2-18H,19H2,1H3/b26-17-. The van der Waals surface area contributed by atoms with Crippen molar-refractivity contribution < 1.29 is 23.8 Å². The Morgan fingerprint density at radius 2 is 1.53 bits per heavy atom. The summed E-state index contributed by atoms with van der Waals surface area (Å²) in [5, 5.41) is 0. The molecule has 0 bridgehead atoms. The van der Waals surface area contributed by atoms with Crippen molar-refractivity contribution in [3.8, 4) is 22.6 Å². The molecule has 188 valence electrons. The molecule has 4 aromatic rings. The Balaban J connectivity index is 1.34. The second-order valence-corrected chi connectivity index (χ2v) is 9.55. The Hall–Kier alpha value is -4.24. The molecular weight excluding hydrogens is 593 g/mol. The Labute approximate surface area is 233 Å². The van der Waals surface area contributed by atoms with Crippen LogP contribution in [0.2, 0.25) is 0 Å². The van der Waals surface area contributed by atoms with E-state index >= 15 is 0 Å².